The first-order valence-corrected chi connectivity index (χ1v) is 6.63. The number of H-pyrrole nitrogens is 1. The number of nitrogens with zero attached hydrogens (tertiary/aromatic N) is 2. The molecule has 0 bridgehead atoms. The highest BCUT2D eigenvalue weighted by Crippen LogP contribution is 2.16. The van der Waals surface area contributed by atoms with E-state index in [1.54, 1.807) is 0 Å². The number of likely N-dealkylation sites (N-methyl/N-ethyl adjacent to an activating group) is 1. The average molecular weight is 286 g/mol. The second kappa shape index (κ2) is 6.81. The second-order valence-corrected chi connectivity index (χ2v) is 4.91. The van der Waals surface area contributed by atoms with Gasteiger partial charge in [-0.3, -0.25) is 9.59 Å². The monoisotopic (exact) mass is 286 g/mol. The average Bonchev–Trinajstić information content (AvgIpc) is 2.48. The molecule has 110 valence electrons. The SMILES string of the molecule is CN(C)C(CNC(=O)c1ccc(=O)[nH]n1)c1ccccc1. The lowest BCUT2D eigenvalue weighted by Crippen LogP contribution is -2.35. The van der Waals surface area contributed by atoms with E-state index in [0.717, 1.165) is 5.56 Å². The van der Waals surface area contributed by atoms with Crippen molar-refractivity contribution in [1.82, 2.24) is 20.4 Å². The molecule has 0 aliphatic rings. The van der Waals surface area contributed by atoms with Crippen LogP contribution < -0.4 is 10.9 Å². The van der Waals surface area contributed by atoms with Crippen molar-refractivity contribution >= 4 is 5.91 Å². The molecule has 0 saturated carbocycles. The lowest BCUT2D eigenvalue weighted by Gasteiger charge is -2.25. The summed E-state index contributed by atoms with van der Waals surface area (Å²) < 4.78 is 0. The second-order valence-electron chi connectivity index (χ2n) is 4.91. The third-order valence-electron chi connectivity index (χ3n) is 3.18. The molecule has 6 heteroatoms. The van der Waals surface area contributed by atoms with Gasteiger partial charge < -0.3 is 10.2 Å². The van der Waals surface area contributed by atoms with Crippen molar-refractivity contribution in [2.75, 3.05) is 20.6 Å². The molecule has 1 aromatic carbocycles. The van der Waals surface area contributed by atoms with E-state index in [4.69, 9.17) is 0 Å². The molecule has 2 aromatic rings. The summed E-state index contributed by atoms with van der Waals surface area (Å²) in [6.45, 7) is 0.455. The molecule has 1 unspecified atom stereocenters. The Bertz CT molecular complexity index is 632. The first-order valence-electron chi connectivity index (χ1n) is 6.63. The summed E-state index contributed by atoms with van der Waals surface area (Å²) in [5, 5.41) is 8.79. The van der Waals surface area contributed by atoms with Gasteiger partial charge in [0.25, 0.3) is 11.5 Å². The predicted molar refractivity (Wildman–Crippen MR) is 80.1 cm³/mol. The van der Waals surface area contributed by atoms with Gasteiger partial charge in [0.2, 0.25) is 0 Å². The number of amides is 1. The van der Waals surface area contributed by atoms with Crippen LogP contribution in [0, 0.1) is 0 Å². The predicted octanol–water partition coefficient (Wildman–Crippen LogP) is 0.803. The Balaban J connectivity index is 2.04. The number of aromatic amines is 1. The molecule has 0 radical (unpaired) electrons. The minimum atomic E-state index is -0.331. The highest BCUT2D eigenvalue weighted by molar-refractivity contribution is 5.91. The van der Waals surface area contributed by atoms with Crippen molar-refractivity contribution in [2.45, 2.75) is 6.04 Å². The van der Waals surface area contributed by atoms with E-state index in [9.17, 15) is 9.59 Å². The van der Waals surface area contributed by atoms with Gasteiger partial charge in [-0.2, -0.15) is 5.10 Å². The van der Waals surface area contributed by atoms with Crippen LogP contribution in [0.3, 0.4) is 0 Å². The van der Waals surface area contributed by atoms with Crippen molar-refractivity contribution in [2.24, 2.45) is 0 Å². The maximum atomic E-state index is 12.0. The molecule has 0 aliphatic heterocycles. The Kier molecular flexibility index (Phi) is 4.84. The minimum Gasteiger partial charge on any atom is -0.349 e. The van der Waals surface area contributed by atoms with E-state index < -0.39 is 0 Å². The Morgan fingerprint density at radius 1 is 1.24 bits per heavy atom. The van der Waals surface area contributed by atoms with E-state index in [2.05, 4.69) is 15.5 Å². The van der Waals surface area contributed by atoms with Crippen molar-refractivity contribution in [3.8, 4) is 0 Å². The molecule has 1 heterocycles. The van der Waals surface area contributed by atoms with Gasteiger partial charge >= 0.3 is 0 Å². The fraction of sp³-hybridized carbons (Fsp3) is 0.267. The first-order chi connectivity index (χ1) is 10.1. The molecular formula is C15H18N4O2. The zero-order valence-corrected chi connectivity index (χ0v) is 12.0. The highest BCUT2D eigenvalue weighted by Gasteiger charge is 2.16. The van der Waals surface area contributed by atoms with Gasteiger partial charge in [0.05, 0.1) is 6.04 Å². The van der Waals surface area contributed by atoms with Gasteiger partial charge in [-0.05, 0) is 25.7 Å². The number of rotatable bonds is 5. The fourth-order valence-corrected chi connectivity index (χ4v) is 2.02. The highest BCUT2D eigenvalue weighted by atomic mass is 16.2. The summed E-state index contributed by atoms with van der Waals surface area (Å²) in [5.41, 5.74) is 0.986. The number of carbonyl (C=O) groups is 1. The number of carbonyl (C=O) groups excluding carboxylic acids is 1. The summed E-state index contributed by atoms with van der Waals surface area (Å²) in [6, 6.07) is 12.7. The van der Waals surface area contributed by atoms with Crippen LogP contribution in [0.15, 0.2) is 47.3 Å². The van der Waals surface area contributed by atoms with Crippen molar-refractivity contribution in [3.05, 3.63) is 64.1 Å². The van der Waals surface area contributed by atoms with Gasteiger partial charge in [0.15, 0.2) is 0 Å². The molecule has 0 saturated heterocycles. The van der Waals surface area contributed by atoms with E-state index in [1.165, 1.54) is 12.1 Å². The van der Waals surface area contributed by atoms with Crippen LogP contribution in [-0.4, -0.2) is 41.6 Å². The van der Waals surface area contributed by atoms with E-state index in [1.807, 2.05) is 49.3 Å². The minimum absolute atomic E-state index is 0.0675. The normalized spacial score (nSPS) is 12.1. The van der Waals surface area contributed by atoms with Crippen LogP contribution >= 0.6 is 0 Å². The van der Waals surface area contributed by atoms with Crippen LogP contribution in [0.5, 0.6) is 0 Å². The van der Waals surface area contributed by atoms with E-state index in [-0.39, 0.29) is 23.2 Å². The van der Waals surface area contributed by atoms with Gasteiger partial charge in [0.1, 0.15) is 5.69 Å². The number of hydrogen-bond donors (Lipinski definition) is 2. The zero-order valence-electron chi connectivity index (χ0n) is 12.0. The summed E-state index contributed by atoms with van der Waals surface area (Å²) in [7, 11) is 3.92. The van der Waals surface area contributed by atoms with Gasteiger partial charge in [-0.25, -0.2) is 5.10 Å². The van der Waals surface area contributed by atoms with E-state index >= 15 is 0 Å². The number of aromatic nitrogens is 2. The van der Waals surface area contributed by atoms with Crippen LogP contribution in [0.1, 0.15) is 22.1 Å². The summed E-state index contributed by atoms with van der Waals surface area (Å²) >= 11 is 0. The Labute approximate surface area is 122 Å². The van der Waals surface area contributed by atoms with Gasteiger partial charge in [-0.1, -0.05) is 30.3 Å². The fourth-order valence-electron chi connectivity index (χ4n) is 2.02. The topological polar surface area (TPSA) is 78.1 Å². The van der Waals surface area contributed by atoms with Crippen LogP contribution in [-0.2, 0) is 0 Å². The molecule has 1 atom stereocenters. The van der Waals surface area contributed by atoms with Crippen molar-refractivity contribution in [1.29, 1.82) is 0 Å². The molecule has 21 heavy (non-hydrogen) atoms. The lowest BCUT2D eigenvalue weighted by atomic mass is 10.1. The van der Waals surface area contributed by atoms with Crippen molar-refractivity contribution in [3.63, 3.8) is 0 Å². The Hall–Kier alpha value is -2.47. The van der Waals surface area contributed by atoms with E-state index in [0.29, 0.717) is 6.54 Å². The smallest absolute Gasteiger partial charge is 0.271 e. The summed E-state index contributed by atoms with van der Waals surface area (Å²) in [6.07, 6.45) is 0. The van der Waals surface area contributed by atoms with Crippen molar-refractivity contribution < 1.29 is 4.79 Å². The molecule has 6 nitrogen and oxygen atoms in total. The largest absolute Gasteiger partial charge is 0.349 e. The molecule has 2 N–H and O–H groups in total. The Morgan fingerprint density at radius 2 is 1.95 bits per heavy atom. The molecular weight excluding hydrogens is 268 g/mol. The van der Waals surface area contributed by atoms with Crippen LogP contribution in [0.4, 0.5) is 0 Å². The molecule has 2 rings (SSSR count). The van der Waals surface area contributed by atoms with Gasteiger partial charge in [0, 0.05) is 12.6 Å². The van der Waals surface area contributed by atoms with Crippen LogP contribution in [0.2, 0.25) is 0 Å². The number of benzene rings is 1. The standard InChI is InChI=1S/C15H18N4O2/c1-19(2)13(11-6-4-3-5-7-11)10-16-15(21)12-8-9-14(20)18-17-12/h3-9,13H,10H2,1-2H3,(H,16,21)(H,18,20). The third kappa shape index (κ3) is 4.00. The summed E-state index contributed by atoms with van der Waals surface area (Å²) in [4.78, 5) is 25.0. The third-order valence-corrected chi connectivity index (χ3v) is 3.18. The summed E-state index contributed by atoms with van der Waals surface area (Å²) in [5.74, 6) is -0.311. The lowest BCUT2D eigenvalue weighted by molar-refractivity contribution is 0.0936. The molecule has 0 spiro atoms. The van der Waals surface area contributed by atoms with Gasteiger partial charge in [-0.15, -0.1) is 0 Å². The molecule has 1 amide bonds. The molecule has 0 fully saturated rings. The first kappa shape index (κ1) is 14.9. The number of hydrogen-bond acceptors (Lipinski definition) is 4. The van der Waals surface area contributed by atoms with Crippen LogP contribution in [0.25, 0.3) is 0 Å². The molecule has 1 aromatic heterocycles. The number of nitrogens with one attached hydrogen (secondary N) is 2. The zero-order chi connectivity index (χ0) is 15.2. The molecule has 0 aliphatic carbocycles. The Morgan fingerprint density at radius 3 is 2.52 bits per heavy atom. The maximum Gasteiger partial charge on any atom is 0.271 e. The maximum absolute atomic E-state index is 12.0. The quantitative estimate of drug-likeness (QED) is 0.852.